The predicted octanol–water partition coefficient (Wildman–Crippen LogP) is -0.505. The maximum atomic E-state index is 11.0. The monoisotopic (exact) mass is 184 g/mol. The van der Waals surface area contributed by atoms with Gasteiger partial charge in [0.15, 0.2) is 5.78 Å². The van der Waals surface area contributed by atoms with Gasteiger partial charge in [-0.15, -0.1) is 0 Å². The van der Waals surface area contributed by atoms with Crippen LogP contribution in [0.25, 0.3) is 0 Å². The van der Waals surface area contributed by atoms with Crippen LogP contribution in [0.5, 0.6) is 0 Å². The molecule has 2 rings (SSSR count). The van der Waals surface area contributed by atoms with Crippen LogP contribution in [0.1, 0.15) is 6.42 Å². The molecule has 1 radical (unpaired) electrons. The zero-order chi connectivity index (χ0) is 8.72. The molecule has 2 fully saturated rings. The van der Waals surface area contributed by atoms with E-state index in [4.69, 9.17) is 0 Å². The van der Waals surface area contributed by atoms with Crippen molar-refractivity contribution in [3.63, 3.8) is 0 Å². The van der Waals surface area contributed by atoms with Gasteiger partial charge in [0.05, 0.1) is 5.92 Å². The molecule has 5 heteroatoms. The Kier molecular flexibility index (Phi) is 1.68. The Morgan fingerprint density at radius 2 is 2.17 bits per heavy atom. The maximum Gasteiger partial charge on any atom is 0.234 e. The van der Waals surface area contributed by atoms with Crippen LogP contribution in [0.4, 0.5) is 0 Å². The van der Waals surface area contributed by atoms with Gasteiger partial charge in [0, 0.05) is 18.1 Å². The van der Waals surface area contributed by atoms with Gasteiger partial charge >= 0.3 is 0 Å². The Bertz CT molecular complexity index is 276. The van der Waals surface area contributed by atoms with Crippen molar-refractivity contribution in [3.05, 3.63) is 6.42 Å². The second-order valence-electron chi connectivity index (χ2n) is 2.81. The number of fused-ring (bicyclic) bond motifs is 1. The quantitative estimate of drug-likeness (QED) is 0.407. The van der Waals surface area contributed by atoms with Crippen molar-refractivity contribution in [1.29, 1.82) is 0 Å². The van der Waals surface area contributed by atoms with Gasteiger partial charge in [-0.25, -0.2) is 0 Å². The van der Waals surface area contributed by atoms with Crippen LogP contribution in [0.3, 0.4) is 0 Å². The molecule has 4 nitrogen and oxygen atoms in total. The zero-order valence-corrected chi connectivity index (χ0v) is 6.89. The smallest absolute Gasteiger partial charge is 0.234 e. The topological polar surface area (TPSA) is 63.2 Å². The largest absolute Gasteiger partial charge is 0.300 e. The number of carbonyl (C=O) groups excluding carboxylic acids is 3. The number of rotatable bonds is 0. The molecule has 1 heterocycles. The molecule has 1 aliphatic heterocycles. The Hall–Kier alpha value is -0.840. The summed E-state index contributed by atoms with van der Waals surface area (Å²) in [5, 5.41) is -0.0669. The van der Waals surface area contributed by atoms with Crippen molar-refractivity contribution in [2.45, 2.75) is 11.7 Å². The highest BCUT2D eigenvalue weighted by Crippen LogP contribution is 2.33. The predicted molar refractivity (Wildman–Crippen MR) is 41.9 cm³/mol. The number of hydrogen-bond donors (Lipinski definition) is 1. The fraction of sp³-hybridized carbons (Fsp3) is 0.429. The summed E-state index contributed by atoms with van der Waals surface area (Å²) in [7, 11) is 0. The molecule has 2 atom stereocenters. The lowest BCUT2D eigenvalue weighted by molar-refractivity contribution is -0.137. The highest BCUT2D eigenvalue weighted by Gasteiger charge is 2.44. The standard InChI is InChI=1S/C7H6NO3S/c9-4-1-3-6(2-5(4)10)12-8-7(3)11/h1,3,6H,2H2,(H,8,11). The molecule has 2 unspecified atom stereocenters. The normalized spacial score (nSPS) is 34.8. The maximum absolute atomic E-state index is 11.0. The Balaban J connectivity index is 2.20. The summed E-state index contributed by atoms with van der Waals surface area (Å²) in [6.45, 7) is 0. The van der Waals surface area contributed by atoms with Gasteiger partial charge in [-0.05, 0) is 11.9 Å². The number of carbonyl (C=O) groups is 3. The van der Waals surface area contributed by atoms with Crippen molar-refractivity contribution < 1.29 is 14.4 Å². The van der Waals surface area contributed by atoms with E-state index in [-0.39, 0.29) is 29.3 Å². The lowest BCUT2D eigenvalue weighted by atomic mass is 9.87. The molecule has 1 saturated carbocycles. The lowest BCUT2D eigenvalue weighted by Gasteiger charge is -2.17. The number of ketones is 2. The van der Waals surface area contributed by atoms with E-state index in [2.05, 4.69) is 4.72 Å². The first kappa shape index (κ1) is 7.79. The summed E-state index contributed by atoms with van der Waals surface area (Å²) in [6.07, 6.45) is 1.41. The van der Waals surface area contributed by atoms with Crippen LogP contribution in [0.2, 0.25) is 0 Å². The van der Waals surface area contributed by atoms with Gasteiger partial charge in [0.2, 0.25) is 11.7 Å². The van der Waals surface area contributed by atoms with Crippen molar-refractivity contribution >= 4 is 29.4 Å². The summed E-state index contributed by atoms with van der Waals surface area (Å²) in [4.78, 5) is 32.8. The Morgan fingerprint density at radius 1 is 1.42 bits per heavy atom. The highest BCUT2D eigenvalue weighted by atomic mass is 32.2. The van der Waals surface area contributed by atoms with E-state index in [9.17, 15) is 14.4 Å². The minimum atomic E-state index is -0.520. The molecule has 0 aromatic rings. The molecule has 0 aromatic carbocycles. The van der Waals surface area contributed by atoms with E-state index in [1.165, 1.54) is 18.4 Å². The fourth-order valence-corrected chi connectivity index (χ4v) is 2.32. The molecule has 0 aromatic heterocycles. The van der Waals surface area contributed by atoms with Gasteiger partial charge in [-0.2, -0.15) is 0 Å². The van der Waals surface area contributed by atoms with Gasteiger partial charge in [0.1, 0.15) is 0 Å². The number of nitrogens with one attached hydrogen (secondary N) is 1. The SMILES string of the molecule is O=C1[CH]C2C(=O)NSC2CC1=O. The Morgan fingerprint density at radius 3 is 2.92 bits per heavy atom. The number of Topliss-reactive ketones (excluding diaryl/α,β-unsaturated/α-hetero) is 2. The molecule has 1 N–H and O–H groups in total. The molecule has 12 heavy (non-hydrogen) atoms. The summed E-state index contributed by atoms with van der Waals surface area (Å²) in [5.41, 5.74) is 0. The van der Waals surface area contributed by atoms with Crippen molar-refractivity contribution in [2.24, 2.45) is 5.92 Å². The molecule has 0 spiro atoms. The van der Waals surface area contributed by atoms with E-state index in [1.54, 1.807) is 0 Å². The third kappa shape index (κ3) is 1.04. The highest BCUT2D eigenvalue weighted by molar-refractivity contribution is 7.99. The molecule has 1 amide bonds. The minimum Gasteiger partial charge on any atom is -0.300 e. The van der Waals surface area contributed by atoms with Crippen LogP contribution in [0, 0.1) is 12.3 Å². The molecule has 1 saturated heterocycles. The molecule has 2 aliphatic rings. The molecule has 63 valence electrons. The van der Waals surface area contributed by atoms with E-state index in [1.807, 2.05) is 0 Å². The average molecular weight is 184 g/mol. The fourth-order valence-electron chi connectivity index (χ4n) is 1.33. The summed E-state index contributed by atoms with van der Waals surface area (Å²) in [6, 6.07) is 0. The van der Waals surface area contributed by atoms with Gasteiger partial charge in [-0.3, -0.25) is 19.1 Å². The summed E-state index contributed by atoms with van der Waals surface area (Å²) >= 11 is 1.24. The van der Waals surface area contributed by atoms with E-state index < -0.39 is 5.78 Å². The van der Waals surface area contributed by atoms with Gasteiger partial charge in [-0.1, -0.05) is 0 Å². The summed E-state index contributed by atoms with van der Waals surface area (Å²) in [5.74, 6) is -1.46. The van der Waals surface area contributed by atoms with E-state index >= 15 is 0 Å². The van der Waals surface area contributed by atoms with E-state index in [0.717, 1.165) is 0 Å². The number of amides is 1. The van der Waals surface area contributed by atoms with Crippen LogP contribution >= 0.6 is 11.9 Å². The van der Waals surface area contributed by atoms with Crippen LogP contribution in [-0.2, 0) is 14.4 Å². The van der Waals surface area contributed by atoms with Crippen LogP contribution in [0.15, 0.2) is 0 Å². The molecule has 0 bridgehead atoms. The van der Waals surface area contributed by atoms with Gasteiger partial charge < -0.3 is 0 Å². The second-order valence-corrected chi connectivity index (χ2v) is 3.85. The van der Waals surface area contributed by atoms with Crippen LogP contribution in [-0.4, -0.2) is 22.7 Å². The van der Waals surface area contributed by atoms with Crippen molar-refractivity contribution in [1.82, 2.24) is 4.72 Å². The second kappa shape index (κ2) is 2.58. The molecule has 1 aliphatic carbocycles. The van der Waals surface area contributed by atoms with Crippen LogP contribution < -0.4 is 4.72 Å². The van der Waals surface area contributed by atoms with Crippen molar-refractivity contribution in [3.8, 4) is 0 Å². The lowest BCUT2D eigenvalue weighted by Crippen LogP contribution is -2.35. The van der Waals surface area contributed by atoms with Crippen molar-refractivity contribution in [2.75, 3.05) is 0 Å². The molecular weight excluding hydrogens is 178 g/mol. The number of hydrogen-bond acceptors (Lipinski definition) is 4. The Labute approximate surface area is 73.2 Å². The first-order valence-corrected chi connectivity index (χ1v) is 4.44. The van der Waals surface area contributed by atoms with E-state index in [0.29, 0.717) is 0 Å². The minimum absolute atomic E-state index is 0.0669. The summed E-state index contributed by atoms with van der Waals surface area (Å²) < 4.78 is 2.54. The average Bonchev–Trinajstić information content (AvgIpc) is 2.35. The molecular formula is C7H6NO3S. The third-order valence-electron chi connectivity index (χ3n) is 2.01. The first-order valence-electron chi connectivity index (χ1n) is 3.56. The zero-order valence-electron chi connectivity index (χ0n) is 6.07. The van der Waals surface area contributed by atoms with Gasteiger partial charge in [0.25, 0.3) is 0 Å². The first-order chi connectivity index (χ1) is 5.68. The third-order valence-corrected chi connectivity index (χ3v) is 3.09.